The van der Waals surface area contributed by atoms with Crippen LogP contribution < -0.4 is 15.5 Å². The van der Waals surface area contributed by atoms with Gasteiger partial charge in [-0.15, -0.1) is 0 Å². The van der Waals surface area contributed by atoms with Crippen LogP contribution in [0.1, 0.15) is 25.0 Å². The highest BCUT2D eigenvalue weighted by atomic mass is 16.2. The fraction of sp³-hybridized carbons (Fsp3) is 0.300. The lowest BCUT2D eigenvalue weighted by Gasteiger charge is -2.21. The number of hydrogen-bond acceptors (Lipinski definition) is 3. The second kappa shape index (κ2) is 8.33. The number of nitrogens with zero attached hydrogens (tertiary/aromatic N) is 1. The van der Waals surface area contributed by atoms with E-state index in [4.69, 9.17) is 0 Å². The van der Waals surface area contributed by atoms with Gasteiger partial charge >= 0.3 is 11.8 Å². The van der Waals surface area contributed by atoms with E-state index < -0.39 is 11.8 Å². The van der Waals surface area contributed by atoms with Crippen LogP contribution in [0.15, 0.2) is 42.5 Å². The average Bonchev–Trinajstić information content (AvgIpc) is 2.60. The van der Waals surface area contributed by atoms with Crippen molar-refractivity contribution in [2.24, 2.45) is 0 Å². The molecule has 0 spiro atoms. The second-order valence-corrected chi connectivity index (χ2v) is 5.95. The number of benzene rings is 2. The molecule has 2 N–H and O–H groups in total. The highest BCUT2D eigenvalue weighted by molar-refractivity contribution is 6.43. The summed E-state index contributed by atoms with van der Waals surface area (Å²) in [6.07, 6.45) is 0. The van der Waals surface area contributed by atoms with Gasteiger partial charge in [-0.1, -0.05) is 12.1 Å². The molecule has 0 atom stereocenters. The Hall–Kier alpha value is -2.82. The predicted molar refractivity (Wildman–Crippen MR) is 103 cm³/mol. The first-order valence-corrected chi connectivity index (χ1v) is 8.49. The molecule has 0 fully saturated rings. The summed E-state index contributed by atoms with van der Waals surface area (Å²) < 4.78 is 0. The summed E-state index contributed by atoms with van der Waals surface area (Å²) in [4.78, 5) is 26.4. The van der Waals surface area contributed by atoms with E-state index in [1.165, 1.54) is 0 Å². The van der Waals surface area contributed by atoms with Crippen LogP contribution in [0.3, 0.4) is 0 Å². The third-order valence-electron chi connectivity index (χ3n) is 4.10. The number of hydrogen-bond donors (Lipinski definition) is 2. The maximum absolute atomic E-state index is 12.1. The number of anilines is 3. The van der Waals surface area contributed by atoms with Gasteiger partial charge in [-0.05, 0) is 69.2 Å². The molecule has 5 heteroatoms. The Kier molecular flexibility index (Phi) is 6.17. The van der Waals surface area contributed by atoms with Crippen molar-refractivity contribution in [3.05, 3.63) is 53.6 Å². The Morgan fingerprint density at radius 2 is 1.48 bits per heavy atom. The van der Waals surface area contributed by atoms with Crippen LogP contribution in [0.25, 0.3) is 0 Å². The number of rotatable bonds is 5. The van der Waals surface area contributed by atoms with Crippen LogP contribution in [0.2, 0.25) is 0 Å². The van der Waals surface area contributed by atoms with E-state index in [1.54, 1.807) is 12.1 Å². The number of aryl methyl sites for hydroxylation is 2. The summed E-state index contributed by atoms with van der Waals surface area (Å²) in [5.41, 5.74) is 4.26. The number of amides is 2. The molecule has 0 unspecified atom stereocenters. The van der Waals surface area contributed by atoms with E-state index >= 15 is 0 Å². The SMILES string of the molecule is CCN(CC)c1ccc(NC(=O)C(=O)Nc2cc(C)ccc2C)cc1. The monoisotopic (exact) mass is 339 g/mol. The average molecular weight is 339 g/mol. The fourth-order valence-electron chi connectivity index (χ4n) is 2.58. The van der Waals surface area contributed by atoms with Crippen LogP contribution in [0.4, 0.5) is 17.1 Å². The summed E-state index contributed by atoms with van der Waals surface area (Å²) in [6, 6.07) is 13.2. The van der Waals surface area contributed by atoms with Gasteiger partial charge in [0.15, 0.2) is 0 Å². The zero-order valence-corrected chi connectivity index (χ0v) is 15.2. The zero-order valence-electron chi connectivity index (χ0n) is 15.2. The Balaban J connectivity index is 2.01. The summed E-state index contributed by atoms with van der Waals surface area (Å²) in [5, 5.41) is 5.29. The van der Waals surface area contributed by atoms with Gasteiger partial charge in [0.2, 0.25) is 0 Å². The van der Waals surface area contributed by atoms with E-state index in [1.807, 2.05) is 44.2 Å². The van der Waals surface area contributed by atoms with Crippen molar-refractivity contribution >= 4 is 28.9 Å². The lowest BCUT2D eigenvalue weighted by Crippen LogP contribution is -2.29. The summed E-state index contributed by atoms with van der Waals surface area (Å²) >= 11 is 0. The molecule has 0 aliphatic heterocycles. The molecule has 2 amide bonds. The topological polar surface area (TPSA) is 61.4 Å². The van der Waals surface area contributed by atoms with Crippen LogP contribution >= 0.6 is 0 Å². The van der Waals surface area contributed by atoms with E-state index in [0.717, 1.165) is 29.9 Å². The Bertz CT molecular complexity index is 750. The molecule has 0 saturated carbocycles. The first kappa shape index (κ1) is 18.5. The number of carbonyl (C=O) groups excluding carboxylic acids is 2. The molecule has 132 valence electrons. The molecule has 2 aromatic carbocycles. The second-order valence-electron chi connectivity index (χ2n) is 5.95. The quantitative estimate of drug-likeness (QED) is 0.816. The molecular formula is C20H25N3O2. The molecule has 0 aromatic heterocycles. The Labute approximate surface area is 149 Å². The highest BCUT2D eigenvalue weighted by Gasteiger charge is 2.15. The first-order chi connectivity index (χ1) is 11.9. The van der Waals surface area contributed by atoms with Crippen LogP contribution in [-0.4, -0.2) is 24.9 Å². The van der Waals surface area contributed by atoms with Crippen molar-refractivity contribution in [1.29, 1.82) is 0 Å². The van der Waals surface area contributed by atoms with Crippen molar-refractivity contribution in [3.8, 4) is 0 Å². The normalized spacial score (nSPS) is 10.2. The molecule has 2 aromatic rings. The van der Waals surface area contributed by atoms with Gasteiger partial charge in [-0.3, -0.25) is 9.59 Å². The number of carbonyl (C=O) groups is 2. The molecule has 25 heavy (non-hydrogen) atoms. The predicted octanol–water partition coefficient (Wildman–Crippen LogP) is 3.73. The van der Waals surface area contributed by atoms with E-state index in [2.05, 4.69) is 29.4 Å². The van der Waals surface area contributed by atoms with Crippen molar-refractivity contribution in [3.63, 3.8) is 0 Å². The van der Waals surface area contributed by atoms with Crippen molar-refractivity contribution < 1.29 is 9.59 Å². The maximum Gasteiger partial charge on any atom is 0.314 e. The zero-order chi connectivity index (χ0) is 18.4. The van der Waals surface area contributed by atoms with Crippen molar-refractivity contribution in [2.45, 2.75) is 27.7 Å². The van der Waals surface area contributed by atoms with Crippen molar-refractivity contribution in [2.75, 3.05) is 28.6 Å². The standard InChI is InChI=1S/C20H25N3O2/c1-5-23(6-2)17-11-9-16(10-12-17)21-19(24)20(25)22-18-13-14(3)7-8-15(18)4/h7-13H,5-6H2,1-4H3,(H,21,24)(H,22,25). The van der Waals surface area contributed by atoms with E-state index in [-0.39, 0.29) is 0 Å². The minimum atomic E-state index is -0.684. The van der Waals surface area contributed by atoms with Crippen LogP contribution in [0.5, 0.6) is 0 Å². The van der Waals surface area contributed by atoms with Crippen LogP contribution in [0, 0.1) is 13.8 Å². The molecular weight excluding hydrogens is 314 g/mol. The van der Waals surface area contributed by atoms with Gasteiger partial charge in [0, 0.05) is 30.2 Å². The highest BCUT2D eigenvalue weighted by Crippen LogP contribution is 2.18. The fourth-order valence-corrected chi connectivity index (χ4v) is 2.58. The molecule has 0 heterocycles. The van der Waals surface area contributed by atoms with Gasteiger partial charge < -0.3 is 15.5 Å². The van der Waals surface area contributed by atoms with Gasteiger partial charge in [0.25, 0.3) is 0 Å². The minimum absolute atomic E-state index is 0.594. The van der Waals surface area contributed by atoms with Gasteiger partial charge in [0.1, 0.15) is 0 Å². The molecule has 0 radical (unpaired) electrons. The molecule has 0 aliphatic rings. The molecule has 5 nitrogen and oxygen atoms in total. The first-order valence-electron chi connectivity index (χ1n) is 8.49. The van der Waals surface area contributed by atoms with E-state index in [9.17, 15) is 9.59 Å². The minimum Gasteiger partial charge on any atom is -0.372 e. The smallest absolute Gasteiger partial charge is 0.314 e. The number of nitrogens with one attached hydrogen (secondary N) is 2. The Morgan fingerprint density at radius 3 is 2.08 bits per heavy atom. The third kappa shape index (κ3) is 4.83. The summed E-state index contributed by atoms with van der Waals surface area (Å²) in [7, 11) is 0. The lowest BCUT2D eigenvalue weighted by molar-refractivity contribution is -0.133. The molecule has 0 saturated heterocycles. The lowest BCUT2D eigenvalue weighted by atomic mass is 10.1. The van der Waals surface area contributed by atoms with Crippen LogP contribution in [-0.2, 0) is 9.59 Å². The largest absolute Gasteiger partial charge is 0.372 e. The Morgan fingerprint density at radius 1 is 0.880 bits per heavy atom. The summed E-state index contributed by atoms with van der Waals surface area (Å²) in [6.45, 7) is 9.85. The van der Waals surface area contributed by atoms with Crippen molar-refractivity contribution in [1.82, 2.24) is 0 Å². The van der Waals surface area contributed by atoms with Gasteiger partial charge in [-0.25, -0.2) is 0 Å². The molecule has 0 bridgehead atoms. The molecule has 0 aliphatic carbocycles. The van der Waals surface area contributed by atoms with Gasteiger partial charge in [0.05, 0.1) is 0 Å². The third-order valence-corrected chi connectivity index (χ3v) is 4.10. The van der Waals surface area contributed by atoms with Gasteiger partial charge in [-0.2, -0.15) is 0 Å². The molecule has 2 rings (SSSR count). The maximum atomic E-state index is 12.1. The summed E-state index contributed by atoms with van der Waals surface area (Å²) in [5.74, 6) is -1.36. The van der Waals surface area contributed by atoms with E-state index in [0.29, 0.717) is 11.4 Å².